The van der Waals surface area contributed by atoms with E-state index in [1.54, 1.807) is 30.3 Å². The van der Waals surface area contributed by atoms with E-state index in [1.165, 1.54) is 0 Å². The molecule has 0 spiro atoms. The number of hydrogen-bond donors (Lipinski definition) is 3. The summed E-state index contributed by atoms with van der Waals surface area (Å²) in [7, 11) is 0. The van der Waals surface area contributed by atoms with Crippen LogP contribution in [0.25, 0.3) is 0 Å². The number of hydrogen-bond acceptors (Lipinski definition) is 3. The van der Waals surface area contributed by atoms with Gasteiger partial charge in [-0.25, -0.2) is 0 Å². The summed E-state index contributed by atoms with van der Waals surface area (Å²) in [6.45, 7) is 0. The molecule has 22 heavy (non-hydrogen) atoms. The minimum atomic E-state index is 0.0989. The van der Waals surface area contributed by atoms with E-state index in [1.807, 2.05) is 36.4 Å². The molecule has 112 valence electrons. The second kappa shape index (κ2) is 5.98. The molecule has 0 radical (unpaired) electrons. The van der Waals surface area contributed by atoms with Crippen LogP contribution < -0.4 is 0 Å². The summed E-state index contributed by atoms with van der Waals surface area (Å²) >= 11 is 0. The molecule has 3 nitrogen and oxygen atoms in total. The topological polar surface area (TPSA) is 60.7 Å². The third kappa shape index (κ3) is 2.98. The van der Waals surface area contributed by atoms with Crippen molar-refractivity contribution in [3.05, 3.63) is 83.6 Å². The van der Waals surface area contributed by atoms with Crippen LogP contribution in [-0.4, -0.2) is 15.3 Å². The van der Waals surface area contributed by atoms with E-state index in [0.29, 0.717) is 5.76 Å². The van der Waals surface area contributed by atoms with Crippen molar-refractivity contribution < 1.29 is 15.3 Å². The van der Waals surface area contributed by atoms with E-state index in [0.717, 1.165) is 17.5 Å². The highest BCUT2D eigenvalue weighted by Crippen LogP contribution is 2.37. The smallest absolute Gasteiger partial charge is 0.115 e. The lowest BCUT2D eigenvalue weighted by molar-refractivity contribution is 0.417. The fourth-order valence-electron chi connectivity index (χ4n) is 2.92. The fraction of sp³-hybridized carbons (Fsp3) is 0.158. The van der Waals surface area contributed by atoms with E-state index >= 15 is 0 Å². The predicted octanol–water partition coefficient (Wildman–Crippen LogP) is 4.25. The Morgan fingerprint density at radius 3 is 1.68 bits per heavy atom. The van der Waals surface area contributed by atoms with Crippen LogP contribution in [-0.2, 0) is 0 Å². The van der Waals surface area contributed by atoms with Gasteiger partial charge in [-0.15, -0.1) is 0 Å². The number of rotatable bonds is 3. The highest BCUT2D eigenvalue weighted by atomic mass is 16.3. The summed E-state index contributed by atoms with van der Waals surface area (Å²) in [5.41, 5.74) is 2.18. The predicted molar refractivity (Wildman–Crippen MR) is 86.0 cm³/mol. The maximum absolute atomic E-state index is 9.53. The summed E-state index contributed by atoms with van der Waals surface area (Å²) in [5.74, 6) is 1.09. The number of phenolic OH excluding ortho intramolecular Hbond substituents is 2. The minimum absolute atomic E-state index is 0.0989. The number of aromatic hydroxyl groups is 2. The number of benzene rings is 2. The number of phenols is 2. The van der Waals surface area contributed by atoms with Gasteiger partial charge in [-0.3, -0.25) is 0 Å². The van der Waals surface area contributed by atoms with Crippen molar-refractivity contribution in [1.29, 1.82) is 0 Å². The Morgan fingerprint density at radius 2 is 1.27 bits per heavy atom. The highest BCUT2D eigenvalue weighted by Gasteiger charge is 2.24. The molecule has 1 aliphatic rings. The van der Waals surface area contributed by atoms with Gasteiger partial charge in [0.2, 0.25) is 0 Å². The molecule has 0 saturated heterocycles. The van der Waals surface area contributed by atoms with E-state index in [2.05, 4.69) is 0 Å². The van der Waals surface area contributed by atoms with Crippen molar-refractivity contribution in [2.75, 3.05) is 0 Å². The average Bonchev–Trinajstić information content (AvgIpc) is 2.53. The molecule has 3 rings (SSSR count). The molecule has 0 heterocycles. The molecule has 2 aromatic rings. The molecule has 1 unspecified atom stereocenters. The van der Waals surface area contributed by atoms with Gasteiger partial charge in [0.05, 0.1) is 0 Å². The van der Waals surface area contributed by atoms with Gasteiger partial charge in [-0.1, -0.05) is 30.3 Å². The normalized spacial score (nSPS) is 17.5. The lowest BCUT2D eigenvalue weighted by Gasteiger charge is -2.27. The van der Waals surface area contributed by atoms with Gasteiger partial charge in [-0.05, 0) is 59.9 Å². The first-order valence-corrected chi connectivity index (χ1v) is 7.28. The number of aliphatic hydroxyl groups is 1. The van der Waals surface area contributed by atoms with Crippen LogP contribution in [0.3, 0.4) is 0 Å². The van der Waals surface area contributed by atoms with Crippen LogP contribution in [0.5, 0.6) is 11.5 Å². The van der Waals surface area contributed by atoms with E-state index in [4.69, 9.17) is 0 Å². The fourth-order valence-corrected chi connectivity index (χ4v) is 2.92. The van der Waals surface area contributed by atoms with Crippen molar-refractivity contribution >= 4 is 0 Å². The number of aliphatic hydroxyl groups excluding tert-OH is 1. The van der Waals surface area contributed by atoms with Gasteiger partial charge >= 0.3 is 0 Å². The van der Waals surface area contributed by atoms with Crippen molar-refractivity contribution in [3.63, 3.8) is 0 Å². The second-order valence-electron chi connectivity index (χ2n) is 5.55. The van der Waals surface area contributed by atoms with Gasteiger partial charge in [0.15, 0.2) is 0 Å². The van der Waals surface area contributed by atoms with Gasteiger partial charge in [0.1, 0.15) is 17.3 Å². The Labute approximate surface area is 129 Å². The minimum Gasteiger partial charge on any atom is -0.508 e. The summed E-state index contributed by atoms with van der Waals surface area (Å²) < 4.78 is 0. The number of allylic oxidation sites excluding steroid dienone is 3. The largest absolute Gasteiger partial charge is 0.508 e. The van der Waals surface area contributed by atoms with Gasteiger partial charge in [0.25, 0.3) is 0 Å². The molecular weight excluding hydrogens is 276 g/mol. The molecule has 0 aliphatic heterocycles. The van der Waals surface area contributed by atoms with E-state index < -0.39 is 0 Å². The zero-order valence-electron chi connectivity index (χ0n) is 12.1. The van der Waals surface area contributed by atoms with Crippen molar-refractivity contribution in [2.45, 2.75) is 12.3 Å². The van der Waals surface area contributed by atoms with Crippen LogP contribution in [0.2, 0.25) is 0 Å². The summed E-state index contributed by atoms with van der Waals surface area (Å²) in [6.07, 6.45) is 6.30. The van der Waals surface area contributed by atoms with Crippen LogP contribution in [0, 0.1) is 5.92 Å². The molecule has 0 saturated carbocycles. The summed E-state index contributed by atoms with van der Waals surface area (Å²) in [5, 5.41) is 28.5. The van der Waals surface area contributed by atoms with Gasteiger partial charge < -0.3 is 15.3 Å². The quantitative estimate of drug-likeness (QED) is 0.793. The summed E-state index contributed by atoms with van der Waals surface area (Å²) in [4.78, 5) is 0. The van der Waals surface area contributed by atoms with E-state index in [9.17, 15) is 15.3 Å². The Balaban J connectivity index is 2.00. The standard InChI is InChI=1S/C19H18O3/c20-16-7-1-13(2-8-16)19(14-3-9-17(21)10-4-14)15-5-11-18(22)12-6-15/h1-5,7-12,15,19-22H,6H2. The molecular formula is C19H18O3. The zero-order valence-corrected chi connectivity index (χ0v) is 12.1. The molecule has 2 aromatic carbocycles. The Hall–Kier alpha value is -2.68. The first-order valence-electron chi connectivity index (χ1n) is 7.28. The molecule has 3 heteroatoms. The molecule has 3 N–H and O–H groups in total. The lowest BCUT2D eigenvalue weighted by atomic mass is 9.77. The van der Waals surface area contributed by atoms with Gasteiger partial charge in [0, 0.05) is 5.92 Å². The maximum atomic E-state index is 9.53. The maximum Gasteiger partial charge on any atom is 0.115 e. The Morgan fingerprint density at radius 1 is 0.773 bits per heavy atom. The SMILES string of the molecule is OC1=CCC(C(c2ccc(O)cc2)c2ccc(O)cc2)C=C1. The van der Waals surface area contributed by atoms with E-state index in [-0.39, 0.29) is 23.3 Å². The van der Waals surface area contributed by atoms with Gasteiger partial charge in [-0.2, -0.15) is 0 Å². The van der Waals surface area contributed by atoms with Crippen molar-refractivity contribution in [1.82, 2.24) is 0 Å². The zero-order chi connectivity index (χ0) is 15.5. The van der Waals surface area contributed by atoms with Crippen LogP contribution in [0.1, 0.15) is 23.5 Å². The summed E-state index contributed by atoms with van der Waals surface area (Å²) in [6, 6.07) is 14.4. The van der Waals surface area contributed by atoms with Crippen LogP contribution in [0.4, 0.5) is 0 Å². The third-order valence-electron chi connectivity index (χ3n) is 4.05. The van der Waals surface area contributed by atoms with Crippen LogP contribution >= 0.6 is 0 Å². The molecule has 0 bridgehead atoms. The monoisotopic (exact) mass is 294 g/mol. The third-order valence-corrected chi connectivity index (χ3v) is 4.05. The Kier molecular flexibility index (Phi) is 3.88. The molecule has 0 aromatic heterocycles. The first kappa shape index (κ1) is 14.3. The average molecular weight is 294 g/mol. The molecule has 0 amide bonds. The first-order chi connectivity index (χ1) is 10.6. The van der Waals surface area contributed by atoms with Crippen LogP contribution in [0.15, 0.2) is 72.5 Å². The molecule has 1 aliphatic carbocycles. The Bertz CT molecular complexity index is 651. The molecule has 1 atom stereocenters. The van der Waals surface area contributed by atoms with Crippen molar-refractivity contribution in [2.24, 2.45) is 5.92 Å². The highest BCUT2D eigenvalue weighted by molar-refractivity contribution is 5.40. The van der Waals surface area contributed by atoms with Crippen molar-refractivity contribution in [3.8, 4) is 11.5 Å². The second-order valence-corrected chi connectivity index (χ2v) is 5.55. The lowest BCUT2D eigenvalue weighted by Crippen LogP contribution is -2.14. The molecule has 0 fully saturated rings.